The van der Waals surface area contributed by atoms with Crippen LogP contribution in [-0.2, 0) is 0 Å². The summed E-state index contributed by atoms with van der Waals surface area (Å²) in [7, 11) is -4.36. The van der Waals surface area contributed by atoms with Crippen molar-refractivity contribution in [1.82, 2.24) is 19.9 Å². The number of aryl methyl sites for hydroxylation is 2. The molecule has 0 fully saturated rings. The molecule has 0 saturated heterocycles. The van der Waals surface area contributed by atoms with Crippen LogP contribution in [0.3, 0.4) is 0 Å². The largest absolute Gasteiger partial charge is 0.355 e. The fourth-order valence-electron chi connectivity index (χ4n) is 16.4. The van der Waals surface area contributed by atoms with Crippen LogP contribution in [0.2, 0.25) is 24.2 Å². The quantitative estimate of drug-likeness (QED) is 0.0336. The van der Waals surface area contributed by atoms with Gasteiger partial charge in [-0.3, -0.25) is 0 Å². The van der Waals surface area contributed by atoms with E-state index in [1.807, 2.05) is 0 Å². The molecule has 5 aromatic carbocycles. The Morgan fingerprint density at radius 2 is 0.622 bits per heavy atom. The maximum Gasteiger partial charge on any atom is 0.119 e. The summed E-state index contributed by atoms with van der Waals surface area (Å²) < 4.78 is 0. The topological polar surface area (TPSA) is 57.4 Å². The van der Waals surface area contributed by atoms with Crippen LogP contribution < -0.4 is 20.7 Å². The summed E-state index contributed by atoms with van der Waals surface area (Å²) in [6.45, 7) is 13.8. The zero-order chi connectivity index (χ0) is 61.9. The van der Waals surface area contributed by atoms with Crippen molar-refractivity contribution in [2.24, 2.45) is 0 Å². The van der Waals surface area contributed by atoms with E-state index in [0.29, 0.717) is 0 Å². The van der Waals surface area contributed by atoms with Gasteiger partial charge in [0.25, 0.3) is 0 Å². The van der Waals surface area contributed by atoms with Crippen LogP contribution in [-0.4, -0.2) is 36.1 Å². The van der Waals surface area contributed by atoms with E-state index in [4.69, 9.17) is 9.97 Å². The van der Waals surface area contributed by atoms with Crippen molar-refractivity contribution in [1.29, 1.82) is 0 Å². The molecule has 2 N–H and O–H groups in total. The van der Waals surface area contributed by atoms with Crippen molar-refractivity contribution < 1.29 is 0 Å². The second kappa shape index (κ2) is 29.6. The van der Waals surface area contributed by atoms with Crippen molar-refractivity contribution in [3.63, 3.8) is 0 Å². The smallest absolute Gasteiger partial charge is 0.119 e. The van der Waals surface area contributed by atoms with Crippen LogP contribution in [0.4, 0.5) is 0 Å². The number of hydrogen-bond donors (Lipinski definition) is 2. The molecule has 4 nitrogen and oxygen atoms in total. The molecule has 0 radical (unpaired) electrons. The monoisotopic (exact) mass is 1220 g/mol. The van der Waals surface area contributed by atoms with Crippen LogP contribution in [0, 0.1) is 13.8 Å². The molecule has 90 heavy (non-hydrogen) atoms. The lowest BCUT2D eigenvalue weighted by Crippen LogP contribution is -2.55. The normalized spacial score (nSPS) is 13.9. The van der Waals surface area contributed by atoms with E-state index in [9.17, 15) is 0 Å². The Labute approximate surface area is 542 Å². The number of rotatable bonds is 31. The van der Waals surface area contributed by atoms with E-state index in [1.54, 1.807) is 20.7 Å². The molecule has 4 aliphatic heterocycles. The predicted molar refractivity (Wildman–Crippen MR) is 398 cm³/mol. The molecular weight excluding hydrogens is 1120 g/mol. The molecule has 3 aromatic heterocycles. The third kappa shape index (κ3) is 13.1. The fraction of sp³-hybridized carbons (Fsp3) is 0.405. The summed E-state index contributed by atoms with van der Waals surface area (Å²) in [6, 6.07) is 58.0. The van der Waals surface area contributed by atoms with Crippen LogP contribution in [0.1, 0.15) is 216 Å². The molecule has 12 rings (SSSR count). The van der Waals surface area contributed by atoms with E-state index < -0.39 is 16.1 Å². The number of aromatic amines is 2. The maximum absolute atomic E-state index is 5.83. The number of unbranched alkanes of at least 4 members (excludes halogenated alkanes) is 20. The number of H-pyrrole nitrogens is 2. The average Bonchev–Trinajstić information content (AvgIpc) is 1.59. The number of hydrogen-bond acceptors (Lipinski definition) is 2. The number of nitrogens with zero attached hydrogens (tertiary/aromatic N) is 2. The Morgan fingerprint density at radius 3 is 1.04 bits per heavy atom. The van der Waals surface area contributed by atoms with Crippen molar-refractivity contribution >= 4 is 83.3 Å². The lowest BCUT2D eigenvalue weighted by Gasteiger charge is -2.31. The zero-order valence-electron chi connectivity index (χ0n) is 55.7. The van der Waals surface area contributed by atoms with Gasteiger partial charge < -0.3 is 9.97 Å². The molecule has 6 heteroatoms. The van der Waals surface area contributed by atoms with Crippen LogP contribution in [0.15, 0.2) is 133 Å². The van der Waals surface area contributed by atoms with Gasteiger partial charge in [-0.15, -0.1) is 0 Å². The lowest BCUT2D eigenvalue weighted by molar-refractivity contribution is 0.616. The molecule has 7 heterocycles. The minimum atomic E-state index is -2.18. The summed E-state index contributed by atoms with van der Waals surface area (Å²) in [6.07, 6.45) is 41.0. The van der Waals surface area contributed by atoms with Gasteiger partial charge in [0, 0.05) is 38.8 Å². The Morgan fingerprint density at radius 1 is 0.300 bits per heavy atom. The average molecular weight is 1220 g/mol. The SMILES string of the molecule is CCCCCCCC[Si]1(CCCCCCCC)c2ccccc2-c2ccc(-c3c4nc(c(-c5ccc(C)cc5)c5ccc([nH]5)c(-c5ccc6c(c5)[Si](CCCCCCCC)(CCCCCCCC)c5ccccc5-6)c5nc(c(C)c6ccc3[nH]6)C=C5)C=C4)cc21. The van der Waals surface area contributed by atoms with E-state index >= 15 is 0 Å². The molecule has 0 saturated carbocycles. The van der Waals surface area contributed by atoms with E-state index in [1.165, 1.54) is 217 Å². The molecule has 8 bridgehead atoms. The summed E-state index contributed by atoms with van der Waals surface area (Å²) in [5, 5.41) is 6.65. The molecule has 4 aliphatic rings. The van der Waals surface area contributed by atoms with Crippen LogP contribution in [0.25, 0.3) is 102 Å². The molecule has 8 aromatic rings. The highest BCUT2D eigenvalue weighted by atomic mass is 28.3. The van der Waals surface area contributed by atoms with Gasteiger partial charge in [0.1, 0.15) is 16.1 Å². The minimum Gasteiger partial charge on any atom is -0.355 e. The molecule has 0 aliphatic carbocycles. The standard InChI is InChI=1S/C84H102N4Si2/c1-7-11-15-19-23-31-55-89(56-32-24-20-16-12-8-2)78-37-29-27-35-66(78)68-45-43-64(59-80(68)89)83-74-49-47-70(85-74)62(6)71-48-50-75(86-71)84(77-54-52-73(88-77)82(72-51-53-76(83)87-72)63-41-39-61(5)40-42-63)65-44-46-69-67-36-28-30-38-79(67)90(81(69)60-65,57-33-25-21-17-13-9-3)58-34-26-22-18-14-10-4/h27-30,35-54,59-60,85,88H,7-26,31-34,55-58H2,1-6H3. The van der Waals surface area contributed by atoms with Gasteiger partial charge in [0.2, 0.25) is 0 Å². The van der Waals surface area contributed by atoms with Crippen molar-refractivity contribution in [2.45, 2.75) is 220 Å². The van der Waals surface area contributed by atoms with Crippen LogP contribution >= 0.6 is 0 Å². The number of nitrogens with one attached hydrogen (secondary N) is 2. The van der Waals surface area contributed by atoms with Gasteiger partial charge in [0.15, 0.2) is 0 Å². The Kier molecular flexibility index (Phi) is 20.8. The maximum atomic E-state index is 5.83. The highest BCUT2D eigenvalue weighted by molar-refractivity contribution is 7.06. The van der Waals surface area contributed by atoms with Gasteiger partial charge in [-0.05, 0) is 152 Å². The summed E-state index contributed by atoms with van der Waals surface area (Å²) in [5.41, 5.74) is 23.6. The summed E-state index contributed by atoms with van der Waals surface area (Å²) in [4.78, 5) is 19.7. The van der Waals surface area contributed by atoms with Gasteiger partial charge in [-0.2, -0.15) is 0 Å². The molecule has 0 unspecified atom stereocenters. The second-order valence-corrected chi connectivity index (χ2v) is 35.9. The number of fused-ring (bicyclic) bond motifs is 14. The number of benzene rings is 5. The lowest BCUT2D eigenvalue weighted by atomic mass is 9.99. The second-order valence-electron chi connectivity index (χ2n) is 27.5. The first-order chi connectivity index (χ1) is 44.3. The third-order valence-corrected chi connectivity index (χ3v) is 32.0. The molecule has 0 amide bonds. The zero-order valence-corrected chi connectivity index (χ0v) is 57.7. The highest BCUT2D eigenvalue weighted by Gasteiger charge is 2.46. The van der Waals surface area contributed by atoms with Crippen LogP contribution in [0.5, 0.6) is 0 Å². The summed E-state index contributed by atoms with van der Waals surface area (Å²) >= 11 is 0. The summed E-state index contributed by atoms with van der Waals surface area (Å²) in [5.74, 6) is 0. The van der Waals surface area contributed by atoms with Crippen molar-refractivity contribution in [3.8, 4) is 55.6 Å². The highest BCUT2D eigenvalue weighted by Crippen LogP contribution is 2.43. The van der Waals surface area contributed by atoms with E-state index in [0.717, 1.165) is 72.7 Å². The molecular formula is C84H102N4Si2. The van der Waals surface area contributed by atoms with Crippen molar-refractivity contribution in [3.05, 3.63) is 167 Å². The first kappa shape index (κ1) is 63.3. The van der Waals surface area contributed by atoms with Gasteiger partial charge in [-0.1, -0.05) is 297 Å². The minimum absolute atomic E-state index is 0.968. The predicted octanol–water partition coefficient (Wildman–Crippen LogP) is 22.8. The van der Waals surface area contributed by atoms with Gasteiger partial charge in [0.05, 0.1) is 22.8 Å². The van der Waals surface area contributed by atoms with E-state index in [2.05, 4.69) is 209 Å². The Bertz CT molecular complexity index is 3850. The molecule has 466 valence electrons. The Hall–Kier alpha value is -6.87. The van der Waals surface area contributed by atoms with Crippen molar-refractivity contribution in [2.75, 3.05) is 0 Å². The molecule has 0 atom stereocenters. The molecule has 0 spiro atoms. The van der Waals surface area contributed by atoms with Gasteiger partial charge in [-0.25, -0.2) is 9.97 Å². The first-order valence-corrected chi connectivity index (χ1v) is 40.8. The third-order valence-electron chi connectivity index (χ3n) is 21.3. The van der Waals surface area contributed by atoms with Gasteiger partial charge >= 0.3 is 0 Å². The van der Waals surface area contributed by atoms with E-state index in [-0.39, 0.29) is 0 Å². The number of aromatic nitrogens is 4. The first-order valence-electron chi connectivity index (χ1n) is 36.0. The fourth-order valence-corrected chi connectivity index (χ4v) is 27.6. The Balaban J connectivity index is 1.03.